The number of methoxy groups -OCH3 is 1. The van der Waals surface area contributed by atoms with Gasteiger partial charge in [-0.05, 0) is 37.3 Å². The molecule has 2 aromatic carbocycles. The van der Waals surface area contributed by atoms with Crippen molar-refractivity contribution in [2.75, 3.05) is 17.3 Å². The fourth-order valence-corrected chi connectivity index (χ4v) is 3.14. The molecule has 0 bridgehead atoms. The number of carbonyl (C=O) groups excluding carboxylic acids is 3. The second-order valence-electron chi connectivity index (χ2n) is 6.26. The van der Waals surface area contributed by atoms with Crippen LogP contribution in [0.1, 0.15) is 36.8 Å². The van der Waals surface area contributed by atoms with Gasteiger partial charge in [0.05, 0.1) is 30.2 Å². The highest BCUT2D eigenvalue weighted by atomic mass is 16.5. The van der Waals surface area contributed by atoms with Crippen LogP contribution < -0.4 is 15.0 Å². The number of imide groups is 1. The van der Waals surface area contributed by atoms with E-state index in [9.17, 15) is 14.4 Å². The predicted molar refractivity (Wildman–Crippen MR) is 102 cm³/mol. The molecule has 2 heterocycles. The Morgan fingerprint density at radius 2 is 1.71 bits per heavy atom. The lowest BCUT2D eigenvalue weighted by atomic mass is 10.1. The van der Waals surface area contributed by atoms with Gasteiger partial charge in [-0.2, -0.15) is 0 Å². The Kier molecular flexibility index (Phi) is 4.19. The lowest BCUT2D eigenvalue weighted by molar-refractivity contribution is 0.0923. The average Bonchev–Trinajstić information content (AvgIpc) is 3.24. The van der Waals surface area contributed by atoms with Gasteiger partial charge in [0.25, 0.3) is 17.7 Å². The number of amides is 3. The number of aryl methyl sites for hydroxylation is 1. The minimum absolute atomic E-state index is 0.211. The summed E-state index contributed by atoms with van der Waals surface area (Å²) in [7, 11) is 1.43. The third-order valence-electron chi connectivity index (χ3n) is 4.54. The van der Waals surface area contributed by atoms with E-state index in [1.165, 1.54) is 13.4 Å². The summed E-state index contributed by atoms with van der Waals surface area (Å²) in [6, 6.07) is 13.0. The van der Waals surface area contributed by atoms with Crippen molar-refractivity contribution in [1.29, 1.82) is 0 Å². The van der Waals surface area contributed by atoms with Gasteiger partial charge in [-0.1, -0.05) is 12.1 Å². The third-order valence-corrected chi connectivity index (χ3v) is 4.54. The molecule has 0 aliphatic carbocycles. The summed E-state index contributed by atoms with van der Waals surface area (Å²) in [4.78, 5) is 38.8. The Morgan fingerprint density at radius 1 is 1.04 bits per heavy atom. The van der Waals surface area contributed by atoms with E-state index in [0.717, 1.165) is 4.90 Å². The van der Waals surface area contributed by atoms with Crippen LogP contribution in [-0.4, -0.2) is 24.8 Å². The van der Waals surface area contributed by atoms with Gasteiger partial charge in [0.2, 0.25) is 0 Å². The van der Waals surface area contributed by atoms with E-state index >= 15 is 0 Å². The van der Waals surface area contributed by atoms with Crippen molar-refractivity contribution >= 4 is 29.1 Å². The van der Waals surface area contributed by atoms with Gasteiger partial charge in [0, 0.05) is 17.3 Å². The first kappa shape index (κ1) is 17.5. The number of furan rings is 1. The summed E-state index contributed by atoms with van der Waals surface area (Å²) < 4.78 is 10.6. The number of hydrogen-bond donors (Lipinski definition) is 1. The SMILES string of the molecule is COc1cc(NC(=O)c2occc2C)ccc1N1C(=O)c2ccccc2C1=O. The summed E-state index contributed by atoms with van der Waals surface area (Å²) in [5, 5.41) is 2.72. The number of fused-ring (bicyclic) bond motifs is 1. The van der Waals surface area contributed by atoms with Crippen molar-refractivity contribution in [3.8, 4) is 5.75 Å². The molecule has 0 spiro atoms. The Hall–Kier alpha value is -3.87. The van der Waals surface area contributed by atoms with Gasteiger partial charge in [-0.3, -0.25) is 14.4 Å². The minimum Gasteiger partial charge on any atom is -0.494 e. The van der Waals surface area contributed by atoms with E-state index in [2.05, 4.69) is 5.32 Å². The molecule has 0 saturated heterocycles. The van der Waals surface area contributed by atoms with Crippen LogP contribution in [0.25, 0.3) is 0 Å². The molecule has 0 radical (unpaired) electrons. The normalized spacial score (nSPS) is 12.9. The summed E-state index contributed by atoms with van der Waals surface area (Å²) in [6.45, 7) is 1.77. The lowest BCUT2D eigenvalue weighted by Gasteiger charge is -2.18. The van der Waals surface area contributed by atoms with Crippen molar-refractivity contribution in [2.45, 2.75) is 6.92 Å². The maximum atomic E-state index is 12.7. The van der Waals surface area contributed by atoms with Crippen molar-refractivity contribution in [3.63, 3.8) is 0 Å². The lowest BCUT2D eigenvalue weighted by Crippen LogP contribution is -2.29. The Bertz CT molecular complexity index is 1080. The highest BCUT2D eigenvalue weighted by Gasteiger charge is 2.37. The molecule has 1 aliphatic heterocycles. The molecule has 0 atom stereocenters. The van der Waals surface area contributed by atoms with Crippen LogP contribution in [-0.2, 0) is 0 Å². The first-order valence-corrected chi connectivity index (χ1v) is 8.52. The van der Waals surface area contributed by atoms with Crippen LogP contribution in [0.15, 0.2) is 59.2 Å². The number of anilines is 2. The molecule has 1 aromatic heterocycles. The molecule has 3 aromatic rings. The van der Waals surface area contributed by atoms with Crippen molar-refractivity contribution in [2.24, 2.45) is 0 Å². The topological polar surface area (TPSA) is 88.8 Å². The van der Waals surface area contributed by atoms with Gasteiger partial charge >= 0.3 is 0 Å². The standard InChI is InChI=1S/C21H16N2O5/c1-12-9-10-28-18(12)19(24)22-13-7-8-16(17(11-13)27-2)23-20(25)14-5-3-4-6-15(14)21(23)26/h3-11H,1-2H3,(H,22,24). The largest absolute Gasteiger partial charge is 0.494 e. The highest BCUT2D eigenvalue weighted by Crippen LogP contribution is 2.36. The van der Waals surface area contributed by atoms with Crippen LogP contribution in [0.4, 0.5) is 11.4 Å². The predicted octanol–water partition coefficient (Wildman–Crippen LogP) is 3.65. The smallest absolute Gasteiger partial charge is 0.291 e. The van der Waals surface area contributed by atoms with Crippen LogP contribution >= 0.6 is 0 Å². The van der Waals surface area contributed by atoms with Gasteiger partial charge in [0.1, 0.15) is 5.75 Å². The van der Waals surface area contributed by atoms with E-state index in [-0.39, 0.29) is 11.5 Å². The van der Waals surface area contributed by atoms with Gasteiger partial charge in [0.15, 0.2) is 5.76 Å². The van der Waals surface area contributed by atoms with Crippen LogP contribution in [0.3, 0.4) is 0 Å². The zero-order valence-electron chi connectivity index (χ0n) is 15.2. The summed E-state index contributed by atoms with van der Waals surface area (Å²) in [5.41, 5.74) is 2.16. The molecule has 0 saturated carbocycles. The first-order chi connectivity index (χ1) is 13.5. The van der Waals surface area contributed by atoms with Gasteiger partial charge in [-0.15, -0.1) is 0 Å². The van der Waals surface area contributed by atoms with E-state index < -0.39 is 17.7 Å². The molecule has 0 fully saturated rings. The minimum atomic E-state index is -0.415. The first-order valence-electron chi connectivity index (χ1n) is 8.52. The maximum Gasteiger partial charge on any atom is 0.291 e. The zero-order valence-corrected chi connectivity index (χ0v) is 15.2. The van der Waals surface area contributed by atoms with Crippen LogP contribution in [0, 0.1) is 6.92 Å². The monoisotopic (exact) mass is 376 g/mol. The van der Waals surface area contributed by atoms with E-state index in [4.69, 9.17) is 9.15 Å². The van der Waals surface area contributed by atoms with Crippen molar-refractivity contribution in [1.82, 2.24) is 0 Å². The third kappa shape index (κ3) is 2.73. The fraction of sp³-hybridized carbons (Fsp3) is 0.0952. The number of nitrogens with one attached hydrogen (secondary N) is 1. The van der Waals surface area contributed by atoms with E-state index in [1.807, 2.05) is 0 Å². The molecule has 7 nitrogen and oxygen atoms in total. The van der Waals surface area contributed by atoms with E-state index in [0.29, 0.717) is 28.1 Å². The molecular formula is C21H16N2O5. The summed E-state index contributed by atoms with van der Waals surface area (Å²) in [5.74, 6) is -0.742. The Balaban J connectivity index is 1.65. The zero-order chi connectivity index (χ0) is 19.8. The number of carbonyl (C=O) groups is 3. The maximum absolute atomic E-state index is 12.7. The second-order valence-corrected chi connectivity index (χ2v) is 6.26. The number of rotatable bonds is 4. The molecule has 28 heavy (non-hydrogen) atoms. The quantitative estimate of drug-likeness (QED) is 0.702. The number of nitrogens with zero attached hydrogens (tertiary/aromatic N) is 1. The number of benzene rings is 2. The van der Waals surface area contributed by atoms with Gasteiger partial charge in [-0.25, -0.2) is 4.90 Å². The Labute approximate surface area is 160 Å². The molecule has 4 rings (SSSR count). The molecule has 3 amide bonds. The summed E-state index contributed by atoms with van der Waals surface area (Å²) in [6.07, 6.45) is 1.44. The average molecular weight is 376 g/mol. The molecule has 1 aliphatic rings. The summed E-state index contributed by atoms with van der Waals surface area (Å²) >= 11 is 0. The number of ether oxygens (including phenoxy) is 1. The number of hydrogen-bond acceptors (Lipinski definition) is 5. The molecule has 1 N–H and O–H groups in total. The molecule has 7 heteroatoms. The molecule has 0 unspecified atom stereocenters. The van der Waals surface area contributed by atoms with E-state index in [1.54, 1.807) is 55.5 Å². The Morgan fingerprint density at radius 3 is 2.29 bits per heavy atom. The second kappa shape index (κ2) is 6.70. The van der Waals surface area contributed by atoms with Gasteiger partial charge < -0.3 is 14.5 Å². The van der Waals surface area contributed by atoms with Crippen molar-refractivity contribution in [3.05, 3.63) is 77.2 Å². The fourth-order valence-electron chi connectivity index (χ4n) is 3.14. The van der Waals surface area contributed by atoms with Crippen LogP contribution in [0.2, 0.25) is 0 Å². The van der Waals surface area contributed by atoms with Crippen LogP contribution in [0.5, 0.6) is 5.75 Å². The molecule has 140 valence electrons. The highest BCUT2D eigenvalue weighted by molar-refractivity contribution is 6.34. The molecular weight excluding hydrogens is 360 g/mol. The van der Waals surface area contributed by atoms with Crippen molar-refractivity contribution < 1.29 is 23.5 Å².